The van der Waals surface area contributed by atoms with Crippen LogP contribution in [0.4, 0.5) is 0 Å². The van der Waals surface area contributed by atoms with Gasteiger partial charge in [-0.15, -0.1) is 11.3 Å². The molecule has 0 aliphatic carbocycles. The third-order valence-electron chi connectivity index (χ3n) is 3.27. The Labute approximate surface area is 126 Å². The number of thiophene rings is 1. The molecule has 0 aromatic carbocycles. The van der Waals surface area contributed by atoms with Crippen LogP contribution in [0.15, 0.2) is 34.9 Å². The van der Waals surface area contributed by atoms with Gasteiger partial charge in [-0.1, -0.05) is 11.6 Å². The van der Waals surface area contributed by atoms with Crippen molar-refractivity contribution < 1.29 is 4.42 Å². The summed E-state index contributed by atoms with van der Waals surface area (Å²) < 4.78 is 6.42. The van der Waals surface area contributed by atoms with Gasteiger partial charge >= 0.3 is 0 Å². The van der Waals surface area contributed by atoms with E-state index in [0.29, 0.717) is 6.04 Å². The smallest absolute Gasteiger partial charge is 0.126 e. The first-order chi connectivity index (χ1) is 9.33. The molecule has 0 spiro atoms. The van der Waals surface area contributed by atoms with Crippen LogP contribution in [0.3, 0.4) is 0 Å². The van der Waals surface area contributed by atoms with E-state index in [1.807, 2.05) is 30.0 Å². The zero-order valence-corrected chi connectivity index (χ0v) is 12.9. The van der Waals surface area contributed by atoms with Gasteiger partial charge in [0.05, 0.1) is 10.6 Å². The van der Waals surface area contributed by atoms with Crippen molar-refractivity contribution in [2.24, 2.45) is 0 Å². The number of hydrogen-bond donors (Lipinski definition) is 1. The van der Waals surface area contributed by atoms with E-state index in [2.05, 4.69) is 11.4 Å². The van der Waals surface area contributed by atoms with E-state index in [1.165, 1.54) is 29.2 Å². The molecule has 0 saturated carbocycles. The van der Waals surface area contributed by atoms with E-state index < -0.39 is 0 Å². The molecule has 0 bridgehead atoms. The molecule has 1 saturated heterocycles. The lowest BCUT2D eigenvalue weighted by Gasteiger charge is -2.26. The summed E-state index contributed by atoms with van der Waals surface area (Å²) in [6.45, 7) is 0. The van der Waals surface area contributed by atoms with Crippen LogP contribution in [0.2, 0.25) is 4.34 Å². The van der Waals surface area contributed by atoms with Crippen LogP contribution in [0.1, 0.15) is 29.5 Å². The van der Waals surface area contributed by atoms with Crippen molar-refractivity contribution in [1.29, 1.82) is 0 Å². The molecule has 102 valence electrons. The largest absolute Gasteiger partial charge is 0.467 e. The molecule has 3 heterocycles. The van der Waals surface area contributed by atoms with Crippen LogP contribution in [0, 0.1) is 0 Å². The third kappa shape index (κ3) is 3.37. The second-order valence-electron chi connectivity index (χ2n) is 4.67. The molecular weight excluding hydrogens is 298 g/mol. The van der Waals surface area contributed by atoms with E-state index >= 15 is 0 Å². The summed E-state index contributed by atoms with van der Waals surface area (Å²) >= 11 is 9.71. The zero-order chi connectivity index (χ0) is 13.1. The van der Waals surface area contributed by atoms with Crippen molar-refractivity contribution in [2.75, 3.05) is 11.5 Å². The third-order valence-corrected chi connectivity index (χ3v) is 5.78. The molecule has 2 nitrogen and oxygen atoms in total. The van der Waals surface area contributed by atoms with Crippen LogP contribution in [0.25, 0.3) is 0 Å². The number of hydrogen-bond acceptors (Lipinski definition) is 4. The van der Waals surface area contributed by atoms with E-state index in [0.717, 1.165) is 10.1 Å². The number of nitrogens with one attached hydrogen (secondary N) is 1. The molecule has 2 aromatic rings. The minimum Gasteiger partial charge on any atom is -0.467 e. The van der Waals surface area contributed by atoms with Gasteiger partial charge in [0.25, 0.3) is 0 Å². The maximum Gasteiger partial charge on any atom is 0.126 e. The molecule has 2 unspecified atom stereocenters. The first kappa shape index (κ1) is 13.6. The Hall–Kier alpha value is -0.420. The van der Waals surface area contributed by atoms with Crippen LogP contribution >= 0.6 is 34.7 Å². The van der Waals surface area contributed by atoms with Gasteiger partial charge in [0, 0.05) is 16.7 Å². The number of furan rings is 1. The fourth-order valence-corrected chi connectivity index (χ4v) is 4.57. The van der Waals surface area contributed by atoms with Gasteiger partial charge in [0.1, 0.15) is 11.8 Å². The standard InChI is InChI=1S/C14H16ClNOS2/c15-13-6-5-12(19-13)14(11-4-1-7-17-11)16-10-3-2-8-18-9-10/h1,4-7,10,14,16H,2-3,8-9H2. The Morgan fingerprint density at radius 3 is 2.95 bits per heavy atom. The molecule has 1 aliphatic heterocycles. The lowest BCUT2D eigenvalue weighted by Crippen LogP contribution is -2.36. The summed E-state index contributed by atoms with van der Waals surface area (Å²) in [5.74, 6) is 3.43. The second kappa shape index (κ2) is 6.35. The van der Waals surface area contributed by atoms with Gasteiger partial charge in [-0.2, -0.15) is 11.8 Å². The molecule has 1 aliphatic rings. The summed E-state index contributed by atoms with van der Waals surface area (Å²) in [5.41, 5.74) is 0. The molecule has 19 heavy (non-hydrogen) atoms. The Bertz CT molecular complexity index is 505. The van der Waals surface area contributed by atoms with E-state index in [-0.39, 0.29) is 6.04 Å². The van der Waals surface area contributed by atoms with Gasteiger partial charge in [-0.3, -0.25) is 5.32 Å². The van der Waals surface area contributed by atoms with E-state index in [1.54, 1.807) is 17.6 Å². The summed E-state index contributed by atoms with van der Waals surface area (Å²) in [5, 5.41) is 3.73. The maximum absolute atomic E-state index is 6.06. The van der Waals surface area contributed by atoms with Crippen molar-refractivity contribution in [3.8, 4) is 0 Å². The molecule has 2 atom stereocenters. The van der Waals surface area contributed by atoms with E-state index in [9.17, 15) is 0 Å². The minimum absolute atomic E-state index is 0.121. The van der Waals surface area contributed by atoms with E-state index in [4.69, 9.17) is 16.0 Å². The molecule has 1 N–H and O–H groups in total. The van der Waals surface area contributed by atoms with Crippen LogP contribution in [-0.2, 0) is 0 Å². The number of rotatable bonds is 4. The average molecular weight is 314 g/mol. The highest BCUT2D eigenvalue weighted by Gasteiger charge is 2.23. The van der Waals surface area contributed by atoms with Crippen molar-refractivity contribution >= 4 is 34.7 Å². The Morgan fingerprint density at radius 1 is 1.37 bits per heavy atom. The second-order valence-corrected chi connectivity index (χ2v) is 7.57. The highest BCUT2D eigenvalue weighted by Crippen LogP contribution is 2.32. The van der Waals surface area contributed by atoms with Crippen molar-refractivity contribution in [2.45, 2.75) is 24.9 Å². The molecule has 2 aromatic heterocycles. The zero-order valence-electron chi connectivity index (χ0n) is 10.5. The van der Waals surface area contributed by atoms with Gasteiger partial charge in [-0.25, -0.2) is 0 Å². The average Bonchev–Trinajstić information content (AvgIpc) is 3.09. The summed E-state index contributed by atoms with van der Waals surface area (Å²) in [6, 6.07) is 8.68. The summed E-state index contributed by atoms with van der Waals surface area (Å²) in [4.78, 5) is 1.22. The normalized spacial score (nSPS) is 21.4. The number of halogens is 1. The van der Waals surface area contributed by atoms with Crippen LogP contribution in [0.5, 0.6) is 0 Å². The van der Waals surface area contributed by atoms with Crippen molar-refractivity contribution in [3.05, 3.63) is 45.5 Å². The van der Waals surface area contributed by atoms with Gasteiger partial charge in [-0.05, 0) is 42.9 Å². The summed E-state index contributed by atoms with van der Waals surface area (Å²) in [7, 11) is 0. The summed E-state index contributed by atoms with van der Waals surface area (Å²) in [6.07, 6.45) is 4.26. The molecule has 3 rings (SSSR count). The highest BCUT2D eigenvalue weighted by atomic mass is 35.5. The van der Waals surface area contributed by atoms with Crippen LogP contribution < -0.4 is 5.32 Å². The molecule has 1 fully saturated rings. The number of thioether (sulfide) groups is 1. The predicted molar refractivity (Wildman–Crippen MR) is 83.4 cm³/mol. The minimum atomic E-state index is 0.121. The molecule has 0 amide bonds. The first-order valence-electron chi connectivity index (χ1n) is 6.45. The molecular formula is C14H16ClNOS2. The Morgan fingerprint density at radius 2 is 2.32 bits per heavy atom. The van der Waals surface area contributed by atoms with Crippen LogP contribution in [-0.4, -0.2) is 17.5 Å². The quantitative estimate of drug-likeness (QED) is 0.895. The fraction of sp³-hybridized carbons (Fsp3) is 0.429. The predicted octanol–water partition coefficient (Wildman–Crippen LogP) is 4.57. The van der Waals surface area contributed by atoms with Crippen molar-refractivity contribution in [1.82, 2.24) is 5.32 Å². The Kier molecular flexibility index (Phi) is 4.53. The SMILES string of the molecule is Clc1ccc(C(NC2CCCSC2)c2ccco2)s1. The van der Waals surface area contributed by atoms with Gasteiger partial charge in [0.15, 0.2) is 0 Å². The van der Waals surface area contributed by atoms with Gasteiger partial charge < -0.3 is 4.42 Å². The first-order valence-corrected chi connectivity index (χ1v) is 8.80. The topological polar surface area (TPSA) is 25.2 Å². The Balaban J connectivity index is 1.80. The van der Waals surface area contributed by atoms with Gasteiger partial charge in [0.2, 0.25) is 0 Å². The lowest BCUT2D eigenvalue weighted by molar-refractivity contribution is 0.406. The van der Waals surface area contributed by atoms with Crippen molar-refractivity contribution in [3.63, 3.8) is 0 Å². The fourth-order valence-electron chi connectivity index (χ4n) is 2.35. The monoisotopic (exact) mass is 313 g/mol. The lowest BCUT2D eigenvalue weighted by atomic mass is 10.1. The highest BCUT2D eigenvalue weighted by molar-refractivity contribution is 7.99. The maximum atomic E-state index is 6.06. The molecule has 0 radical (unpaired) electrons. The molecule has 5 heteroatoms.